The molecule has 3 aromatic carbocycles. The third-order valence-corrected chi connectivity index (χ3v) is 11.0. The van der Waals surface area contributed by atoms with Gasteiger partial charge in [0.15, 0.2) is 0 Å². The van der Waals surface area contributed by atoms with Crippen molar-refractivity contribution in [2.75, 3.05) is 0 Å². The summed E-state index contributed by atoms with van der Waals surface area (Å²) in [4.78, 5) is 9.09. The summed E-state index contributed by atoms with van der Waals surface area (Å²) in [5.74, 6) is 0.747. The molecule has 0 saturated heterocycles. The monoisotopic (exact) mass is 747 g/mol. The minimum Gasteiger partial charge on any atom is -0.305 e. The van der Waals surface area contributed by atoms with Crippen LogP contribution in [0.5, 0.6) is 0 Å². The summed E-state index contributed by atoms with van der Waals surface area (Å²) in [5, 5.41) is 4.33. The molecule has 7 rings (SSSR count). The Labute approximate surface area is 262 Å². The second kappa shape index (κ2) is 12.9. The van der Waals surface area contributed by atoms with Gasteiger partial charge in [0.25, 0.3) is 0 Å². The average Bonchev–Trinajstić information content (AvgIpc) is 3.67. The Hall–Kier alpha value is -2.95. The van der Waals surface area contributed by atoms with Crippen molar-refractivity contribution in [2.45, 2.75) is 51.2 Å². The van der Waals surface area contributed by atoms with Gasteiger partial charge in [0.2, 0.25) is 0 Å². The van der Waals surface area contributed by atoms with Crippen LogP contribution in [0.1, 0.15) is 37.2 Å². The Balaban J connectivity index is 0.000000168. The van der Waals surface area contributed by atoms with Gasteiger partial charge in [-0.25, -0.2) is 0 Å². The van der Waals surface area contributed by atoms with Crippen molar-refractivity contribution in [1.82, 2.24) is 9.97 Å². The third kappa shape index (κ3) is 6.44. The topological polar surface area (TPSA) is 25.8 Å². The third-order valence-electron chi connectivity index (χ3n) is 7.78. The Morgan fingerprint density at radius 3 is 2.29 bits per heavy atom. The van der Waals surface area contributed by atoms with Gasteiger partial charge < -0.3 is 9.97 Å². The zero-order chi connectivity index (χ0) is 27.5. The molecule has 2 nitrogen and oxygen atoms in total. The Morgan fingerprint density at radius 1 is 0.780 bits per heavy atom. The first kappa shape index (κ1) is 29.5. The van der Waals surface area contributed by atoms with Crippen molar-refractivity contribution < 1.29 is 20.1 Å². The molecule has 0 amide bonds. The second-order valence-electron chi connectivity index (χ2n) is 11.6. The van der Waals surface area contributed by atoms with Crippen LogP contribution in [0.3, 0.4) is 0 Å². The predicted molar refractivity (Wildman–Crippen MR) is 174 cm³/mol. The van der Waals surface area contributed by atoms with Crippen molar-refractivity contribution in [3.8, 4) is 22.5 Å². The van der Waals surface area contributed by atoms with Crippen LogP contribution in [0, 0.1) is 12.1 Å². The summed E-state index contributed by atoms with van der Waals surface area (Å²) in [5.41, 5.74) is 5.62. The van der Waals surface area contributed by atoms with E-state index in [1.54, 1.807) is 5.19 Å². The van der Waals surface area contributed by atoms with Gasteiger partial charge in [-0.05, 0) is 57.9 Å². The van der Waals surface area contributed by atoms with E-state index in [2.05, 4.69) is 90.3 Å². The maximum Gasteiger partial charge on any atom is 0.0783 e. The van der Waals surface area contributed by atoms with Crippen molar-refractivity contribution >= 4 is 44.8 Å². The Bertz CT molecular complexity index is 1720. The Morgan fingerprint density at radius 2 is 1.61 bits per heavy atom. The molecule has 0 N–H and O–H groups in total. The zero-order valence-electron chi connectivity index (χ0n) is 23.8. The van der Waals surface area contributed by atoms with Crippen LogP contribution in [0.2, 0.25) is 19.6 Å². The van der Waals surface area contributed by atoms with Crippen LogP contribution in [-0.4, -0.2) is 18.0 Å². The number of rotatable bonds is 4. The molecule has 6 aromatic rings. The summed E-state index contributed by atoms with van der Waals surface area (Å²) in [6.07, 6.45) is 9.31. The minimum atomic E-state index is -1.39. The van der Waals surface area contributed by atoms with Crippen molar-refractivity contribution in [2.24, 2.45) is 0 Å². The molecular formula is C36H34IrN2SSi-2. The first-order valence-corrected chi connectivity index (χ1v) is 18.5. The van der Waals surface area contributed by atoms with E-state index in [0.717, 1.165) is 28.4 Å². The molecule has 1 aliphatic carbocycles. The smallest absolute Gasteiger partial charge is 0.0783 e. The van der Waals surface area contributed by atoms with E-state index >= 15 is 0 Å². The fourth-order valence-electron chi connectivity index (χ4n) is 5.73. The summed E-state index contributed by atoms with van der Waals surface area (Å²) in [6.45, 7) is 7.25. The number of fused-ring (bicyclic) bond motifs is 3. The second-order valence-corrected chi connectivity index (χ2v) is 17.7. The van der Waals surface area contributed by atoms with Crippen LogP contribution in [0.25, 0.3) is 42.7 Å². The molecule has 41 heavy (non-hydrogen) atoms. The van der Waals surface area contributed by atoms with Crippen molar-refractivity contribution in [3.05, 3.63) is 115 Å². The molecule has 1 fully saturated rings. The van der Waals surface area contributed by atoms with E-state index in [4.69, 9.17) is 0 Å². The van der Waals surface area contributed by atoms with E-state index in [9.17, 15) is 0 Å². The fraction of sp³-hybridized carbons (Fsp3) is 0.222. The van der Waals surface area contributed by atoms with Crippen LogP contribution in [-0.2, 0) is 20.1 Å². The van der Waals surface area contributed by atoms with E-state index in [1.165, 1.54) is 51.4 Å². The molecular weight excluding hydrogens is 713 g/mol. The molecule has 5 heteroatoms. The van der Waals surface area contributed by atoms with Gasteiger partial charge >= 0.3 is 0 Å². The van der Waals surface area contributed by atoms with Crippen molar-refractivity contribution in [3.63, 3.8) is 0 Å². The molecule has 1 saturated carbocycles. The summed E-state index contributed by atoms with van der Waals surface area (Å²) in [6, 6.07) is 36.0. The fourth-order valence-corrected chi connectivity index (χ4v) is 8.68. The first-order valence-electron chi connectivity index (χ1n) is 14.2. The van der Waals surface area contributed by atoms with Gasteiger partial charge in [-0.3, -0.25) is 0 Å². The van der Waals surface area contributed by atoms with Crippen LogP contribution in [0.4, 0.5) is 0 Å². The largest absolute Gasteiger partial charge is 0.305 e. The maximum absolute atomic E-state index is 4.56. The standard InChI is InChI=1S/C20H18NSSi.C16H16N.Ir/c1-23(2,3)18-12-7-11-17-19(18)15-9-6-8-14(20(15)22-17)16-10-4-5-13-21-16;1-2-8-14(9-3-1)16-11-10-15(12-17-16)13-6-4-5-7-13;/h4-7,9-13H,1-3H3;1-3,8,10-13H,4-7H2;/q2*-1;. The van der Waals surface area contributed by atoms with Gasteiger partial charge in [-0.1, -0.05) is 79.5 Å². The van der Waals surface area contributed by atoms with Gasteiger partial charge in [-0.2, -0.15) is 11.3 Å². The average molecular weight is 747 g/mol. The number of hydrogen-bond donors (Lipinski definition) is 0. The summed E-state index contributed by atoms with van der Waals surface area (Å²) >= 11 is 1.86. The summed E-state index contributed by atoms with van der Waals surface area (Å²) in [7, 11) is -1.39. The van der Waals surface area contributed by atoms with Gasteiger partial charge in [0.05, 0.1) is 8.07 Å². The zero-order valence-corrected chi connectivity index (χ0v) is 28.0. The molecule has 0 unspecified atom stereocenters. The van der Waals surface area contributed by atoms with Crippen molar-refractivity contribution in [1.29, 1.82) is 0 Å². The maximum atomic E-state index is 4.56. The van der Waals surface area contributed by atoms with E-state index in [1.807, 2.05) is 60.1 Å². The van der Waals surface area contributed by atoms with Crippen LogP contribution < -0.4 is 5.19 Å². The number of nitrogens with zero attached hydrogens (tertiary/aromatic N) is 2. The van der Waals surface area contributed by atoms with E-state index < -0.39 is 8.07 Å². The molecule has 0 bridgehead atoms. The van der Waals surface area contributed by atoms with E-state index in [-0.39, 0.29) is 20.1 Å². The normalized spacial score (nSPS) is 13.5. The number of aromatic nitrogens is 2. The SMILES string of the molecule is C[Si](C)(C)c1cccc2sc3c(-c4ccccn4)[c-]ccc3c12.[Ir].[c-]1ccccc1-c1ccc(C2CCCC2)cn1. The molecule has 1 aliphatic rings. The van der Waals surface area contributed by atoms with Crippen LogP contribution in [0.15, 0.2) is 97.3 Å². The molecule has 3 heterocycles. The molecule has 0 atom stereocenters. The minimum absolute atomic E-state index is 0. The van der Waals surface area contributed by atoms with E-state index in [0.29, 0.717) is 0 Å². The number of benzene rings is 3. The number of pyridine rings is 2. The first-order chi connectivity index (χ1) is 19.5. The molecule has 209 valence electrons. The molecule has 3 aromatic heterocycles. The van der Waals surface area contributed by atoms with Gasteiger partial charge in [0.1, 0.15) is 0 Å². The summed E-state index contributed by atoms with van der Waals surface area (Å²) < 4.78 is 2.67. The molecule has 1 radical (unpaired) electrons. The predicted octanol–water partition coefficient (Wildman–Crippen LogP) is 9.67. The Kier molecular flexibility index (Phi) is 9.30. The van der Waals surface area contributed by atoms with Gasteiger partial charge in [0, 0.05) is 37.2 Å². The van der Waals surface area contributed by atoms with Gasteiger partial charge in [-0.15, -0.1) is 59.7 Å². The number of thiophene rings is 1. The molecule has 0 spiro atoms. The quantitative estimate of drug-likeness (QED) is 0.133. The van der Waals surface area contributed by atoms with Crippen LogP contribution >= 0.6 is 11.3 Å². The number of hydrogen-bond acceptors (Lipinski definition) is 3. The molecule has 0 aliphatic heterocycles.